The summed E-state index contributed by atoms with van der Waals surface area (Å²) >= 11 is 0. The first-order chi connectivity index (χ1) is 14.6. The Balaban J connectivity index is 1.18. The van der Waals surface area contributed by atoms with E-state index in [9.17, 15) is 4.79 Å². The predicted molar refractivity (Wildman–Crippen MR) is 113 cm³/mol. The molecule has 1 saturated heterocycles. The third kappa shape index (κ3) is 5.11. The normalized spacial score (nSPS) is 22.4. The lowest BCUT2D eigenvalue weighted by atomic mass is 9.93. The largest absolute Gasteiger partial charge is 0.497 e. The highest BCUT2D eigenvalue weighted by atomic mass is 19.1. The second-order valence-electron chi connectivity index (χ2n) is 8.28. The summed E-state index contributed by atoms with van der Waals surface area (Å²) in [5.41, 5.74) is 0.941. The molecule has 0 unspecified atom stereocenters. The van der Waals surface area contributed by atoms with E-state index in [0.29, 0.717) is 44.4 Å². The summed E-state index contributed by atoms with van der Waals surface area (Å²) in [5, 5.41) is 3.40. The first-order valence-corrected chi connectivity index (χ1v) is 10.6. The van der Waals surface area contributed by atoms with Gasteiger partial charge in [-0.25, -0.2) is 9.18 Å². The Morgan fingerprint density at radius 2 is 1.83 bits per heavy atom. The molecule has 2 aromatic rings. The van der Waals surface area contributed by atoms with E-state index in [1.165, 1.54) is 5.56 Å². The minimum atomic E-state index is -1.27. The van der Waals surface area contributed by atoms with Crippen molar-refractivity contribution in [2.24, 2.45) is 0 Å². The third-order valence-corrected chi connectivity index (χ3v) is 6.14. The van der Waals surface area contributed by atoms with Crippen LogP contribution in [0.1, 0.15) is 36.3 Å². The molecule has 0 radical (unpaired) electrons. The van der Waals surface area contributed by atoms with Crippen molar-refractivity contribution in [1.82, 2.24) is 10.2 Å². The summed E-state index contributed by atoms with van der Waals surface area (Å²) in [4.78, 5) is 13.9. The first-order valence-electron chi connectivity index (χ1n) is 10.6. The van der Waals surface area contributed by atoms with Crippen LogP contribution in [0.2, 0.25) is 0 Å². The number of piperidine rings is 1. The molecule has 1 N–H and O–H groups in total. The Bertz CT molecular complexity index is 835. The van der Waals surface area contributed by atoms with Crippen molar-refractivity contribution >= 4 is 6.09 Å². The maximum Gasteiger partial charge on any atom is 0.410 e. The highest BCUT2D eigenvalue weighted by Crippen LogP contribution is 2.41. The van der Waals surface area contributed by atoms with Crippen LogP contribution in [-0.4, -0.2) is 49.4 Å². The van der Waals surface area contributed by atoms with Crippen molar-refractivity contribution in [1.29, 1.82) is 0 Å². The summed E-state index contributed by atoms with van der Waals surface area (Å²) in [6, 6.07) is 18.1. The Hall–Kier alpha value is -2.60. The maximum atomic E-state index is 15.2. The average molecular weight is 413 g/mol. The van der Waals surface area contributed by atoms with Gasteiger partial charge in [0.1, 0.15) is 18.0 Å². The Morgan fingerprint density at radius 3 is 2.50 bits per heavy atom. The number of amides is 1. The average Bonchev–Trinajstić information content (AvgIpc) is 3.57. The molecule has 2 aliphatic rings. The SMILES string of the molecule is COc1ccc(COC(=O)N2CCC(F)(CN[C@@H]3C[C@H]3c3ccccc3)CC2)cc1. The summed E-state index contributed by atoms with van der Waals surface area (Å²) < 4.78 is 25.7. The molecule has 1 aliphatic carbocycles. The lowest BCUT2D eigenvalue weighted by Crippen LogP contribution is -2.49. The van der Waals surface area contributed by atoms with Crippen LogP contribution in [0.3, 0.4) is 0 Å². The molecule has 0 bridgehead atoms. The molecule has 0 spiro atoms. The number of methoxy groups -OCH3 is 1. The smallest absolute Gasteiger partial charge is 0.410 e. The lowest BCUT2D eigenvalue weighted by molar-refractivity contribution is 0.0408. The van der Waals surface area contributed by atoms with Gasteiger partial charge in [-0.1, -0.05) is 42.5 Å². The van der Waals surface area contributed by atoms with Gasteiger partial charge in [0.05, 0.1) is 7.11 Å². The molecule has 1 amide bonds. The van der Waals surface area contributed by atoms with E-state index >= 15 is 4.39 Å². The Morgan fingerprint density at radius 1 is 1.13 bits per heavy atom. The van der Waals surface area contributed by atoms with Gasteiger partial charge in [0.2, 0.25) is 0 Å². The van der Waals surface area contributed by atoms with Crippen molar-refractivity contribution in [3.8, 4) is 5.75 Å². The van der Waals surface area contributed by atoms with Crippen LogP contribution in [0.15, 0.2) is 54.6 Å². The van der Waals surface area contributed by atoms with Crippen LogP contribution in [-0.2, 0) is 11.3 Å². The van der Waals surface area contributed by atoms with Gasteiger partial charge in [-0.3, -0.25) is 0 Å². The van der Waals surface area contributed by atoms with Gasteiger partial charge in [0.25, 0.3) is 0 Å². The molecule has 6 heteroatoms. The fourth-order valence-electron chi connectivity index (χ4n) is 4.03. The highest BCUT2D eigenvalue weighted by molar-refractivity contribution is 5.67. The van der Waals surface area contributed by atoms with E-state index < -0.39 is 5.67 Å². The van der Waals surface area contributed by atoms with Crippen molar-refractivity contribution in [2.75, 3.05) is 26.7 Å². The number of likely N-dealkylation sites (tertiary alicyclic amines) is 1. The molecule has 0 aromatic heterocycles. The number of ether oxygens (including phenoxy) is 2. The van der Waals surface area contributed by atoms with Gasteiger partial charge in [-0.2, -0.15) is 0 Å². The van der Waals surface area contributed by atoms with Crippen molar-refractivity contribution < 1.29 is 18.7 Å². The zero-order valence-corrected chi connectivity index (χ0v) is 17.4. The van der Waals surface area contributed by atoms with Crippen LogP contribution in [0.5, 0.6) is 5.75 Å². The zero-order chi connectivity index (χ0) is 21.0. The number of hydrogen-bond donors (Lipinski definition) is 1. The van der Waals surface area contributed by atoms with E-state index in [2.05, 4.69) is 17.4 Å². The van der Waals surface area contributed by atoms with E-state index in [1.54, 1.807) is 12.0 Å². The summed E-state index contributed by atoms with van der Waals surface area (Å²) in [6.45, 7) is 1.30. The summed E-state index contributed by atoms with van der Waals surface area (Å²) in [6.07, 6.45) is 1.34. The summed E-state index contributed by atoms with van der Waals surface area (Å²) in [7, 11) is 1.61. The predicted octanol–water partition coefficient (Wildman–Crippen LogP) is 4.28. The number of alkyl halides is 1. The van der Waals surface area contributed by atoms with Crippen molar-refractivity contribution in [2.45, 2.75) is 43.5 Å². The number of nitrogens with zero attached hydrogens (tertiary/aromatic N) is 1. The van der Waals surface area contributed by atoms with E-state index in [0.717, 1.165) is 17.7 Å². The molecule has 1 heterocycles. The molecule has 1 saturated carbocycles. The van der Waals surface area contributed by atoms with Gasteiger partial charge in [-0.15, -0.1) is 0 Å². The molecule has 2 fully saturated rings. The standard InChI is InChI=1S/C24H29FN2O3/c1-29-20-9-7-18(8-10-20)16-30-23(28)27-13-11-24(25,12-14-27)17-26-22-15-21(22)19-5-3-2-4-6-19/h2-10,21-22,26H,11-17H2,1H3/t21-,22+/m0/s1. The van der Waals surface area contributed by atoms with E-state index in [1.807, 2.05) is 42.5 Å². The number of carbonyl (C=O) groups excluding carboxylic acids is 1. The number of halogens is 1. The van der Waals surface area contributed by atoms with Gasteiger partial charge in [0.15, 0.2) is 0 Å². The molecule has 2 atom stereocenters. The first kappa shape index (κ1) is 20.7. The van der Waals surface area contributed by atoms with Crippen LogP contribution >= 0.6 is 0 Å². The number of carbonyl (C=O) groups is 1. The lowest BCUT2D eigenvalue weighted by Gasteiger charge is -2.36. The minimum Gasteiger partial charge on any atom is -0.497 e. The Labute approximate surface area is 177 Å². The number of nitrogens with one attached hydrogen (secondary N) is 1. The Kier molecular flexibility index (Phi) is 6.23. The molecule has 1 aliphatic heterocycles. The molecule has 160 valence electrons. The third-order valence-electron chi connectivity index (χ3n) is 6.14. The number of rotatable bonds is 7. The van der Waals surface area contributed by atoms with Crippen molar-refractivity contribution in [3.05, 3.63) is 65.7 Å². The van der Waals surface area contributed by atoms with Crippen LogP contribution in [0, 0.1) is 0 Å². The maximum absolute atomic E-state index is 15.2. The zero-order valence-electron chi connectivity index (χ0n) is 17.4. The van der Waals surface area contributed by atoms with Gasteiger partial charge >= 0.3 is 6.09 Å². The van der Waals surface area contributed by atoms with Crippen LogP contribution in [0.4, 0.5) is 9.18 Å². The van der Waals surface area contributed by atoms with Gasteiger partial charge in [0, 0.05) is 44.4 Å². The molecule has 4 rings (SSSR count). The van der Waals surface area contributed by atoms with Crippen LogP contribution < -0.4 is 10.1 Å². The number of benzene rings is 2. The second-order valence-corrected chi connectivity index (χ2v) is 8.28. The molecule has 2 aromatic carbocycles. The van der Waals surface area contributed by atoms with E-state index in [4.69, 9.17) is 9.47 Å². The van der Waals surface area contributed by atoms with Gasteiger partial charge in [-0.05, 0) is 29.7 Å². The topological polar surface area (TPSA) is 50.8 Å². The molecular formula is C24H29FN2O3. The second kappa shape index (κ2) is 9.04. The number of hydrogen-bond acceptors (Lipinski definition) is 4. The quantitative estimate of drug-likeness (QED) is 0.738. The molecule has 5 nitrogen and oxygen atoms in total. The van der Waals surface area contributed by atoms with Crippen molar-refractivity contribution in [3.63, 3.8) is 0 Å². The fourth-order valence-corrected chi connectivity index (χ4v) is 4.03. The fraction of sp³-hybridized carbons (Fsp3) is 0.458. The van der Waals surface area contributed by atoms with Crippen LogP contribution in [0.25, 0.3) is 0 Å². The highest BCUT2D eigenvalue weighted by Gasteiger charge is 2.42. The van der Waals surface area contributed by atoms with E-state index in [-0.39, 0.29) is 12.7 Å². The minimum absolute atomic E-state index is 0.199. The van der Waals surface area contributed by atoms with Gasteiger partial charge < -0.3 is 19.7 Å². The monoisotopic (exact) mass is 412 g/mol. The summed E-state index contributed by atoms with van der Waals surface area (Å²) in [5.74, 6) is 1.25. The molecular weight excluding hydrogens is 383 g/mol. The molecule has 30 heavy (non-hydrogen) atoms.